The van der Waals surface area contributed by atoms with Gasteiger partial charge in [-0.15, -0.1) is 0 Å². The van der Waals surface area contributed by atoms with Gasteiger partial charge >= 0.3 is 0 Å². The van der Waals surface area contributed by atoms with Crippen molar-refractivity contribution in [3.63, 3.8) is 0 Å². The van der Waals surface area contributed by atoms with Gasteiger partial charge in [0, 0.05) is 17.7 Å². The molecule has 0 bridgehead atoms. The van der Waals surface area contributed by atoms with Crippen LogP contribution in [-0.4, -0.2) is 23.8 Å². The Kier molecular flexibility index (Phi) is 4.64. The highest BCUT2D eigenvalue weighted by Crippen LogP contribution is 2.32. The number of phenolic OH excluding ortho intramolecular Hbond substituents is 1. The average Bonchev–Trinajstić information content (AvgIpc) is 3.50. The van der Waals surface area contributed by atoms with Crippen LogP contribution in [0.1, 0.15) is 12.8 Å². The summed E-state index contributed by atoms with van der Waals surface area (Å²) in [6.07, 6.45) is 1.35. The molecule has 0 saturated heterocycles. The van der Waals surface area contributed by atoms with E-state index in [0.29, 0.717) is 30.0 Å². The zero-order chi connectivity index (χ0) is 19.7. The molecule has 0 atom stereocenters. The highest BCUT2D eigenvalue weighted by molar-refractivity contribution is 7.93. The van der Waals surface area contributed by atoms with Crippen LogP contribution in [0, 0.1) is 5.82 Å². The number of phenols is 1. The second-order valence-corrected chi connectivity index (χ2v) is 8.44. The Morgan fingerprint density at radius 3 is 2.61 bits per heavy atom. The number of rotatable bonds is 6. The quantitative estimate of drug-likeness (QED) is 0.644. The Morgan fingerprint density at radius 2 is 1.82 bits per heavy atom. The smallest absolute Gasteiger partial charge is 0.235 e. The molecule has 8 heteroatoms. The molecule has 0 radical (unpaired) electrons. The Balaban J connectivity index is 1.56. The van der Waals surface area contributed by atoms with E-state index in [2.05, 4.69) is 9.71 Å². The third kappa shape index (κ3) is 3.91. The summed E-state index contributed by atoms with van der Waals surface area (Å²) in [5.41, 5.74) is 0.854. The second-order valence-electron chi connectivity index (χ2n) is 6.48. The predicted molar refractivity (Wildman–Crippen MR) is 103 cm³/mol. The summed E-state index contributed by atoms with van der Waals surface area (Å²) >= 11 is 0. The number of sulfonamides is 1. The zero-order valence-electron chi connectivity index (χ0n) is 14.7. The van der Waals surface area contributed by atoms with E-state index in [1.165, 1.54) is 18.2 Å². The van der Waals surface area contributed by atoms with Crippen LogP contribution in [0.15, 0.2) is 60.7 Å². The fraction of sp³-hybridized carbons (Fsp3) is 0.150. The van der Waals surface area contributed by atoms with E-state index in [1.807, 2.05) is 0 Å². The van der Waals surface area contributed by atoms with Crippen molar-refractivity contribution in [1.29, 1.82) is 0 Å². The highest BCUT2D eigenvalue weighted by Gasteiger charge is 2.35. The summed E-state index contributed by atoms with van der Waals surface area (Å²) in [5.74, 6) is -0.621. The molecule has 0 spiro atoms. The number of halogens is 1. The molecule has 4 rings (SSSR count). The van der Waals surface area contributed by atoms with E-state index >= 15 is 0 Å². The van der Waals surface area contributed by atoms with Crippen LogP contribution in [0.5, 0.6) is 17.4 Å². The number of benzene rings is 2. The zero-order valence-corrected chi connectivity index (χ0v) is 15.5. The summed E-state index contributed by atoms with van der Waals surface area (Å²) in [7, 11) is -3.37. The van der Waals surface area contributed by atoms with Crippen molar-refractivity contribution in [1.82, 2.24) is 4.98 Å². The summed E-state index contributed by atoms with van der Waals surface area (Å²) in [4.78, 5) is 4.27. The normalized spacial score (nSPS) is 13.9. The number of pyridine rings is 1. The van der Waals surface area contributed by atoms with Crippen LogP contribution in [0.4, 0.5) is 10.1 Å². The standard InChI is InChI=1S/C20H17FN2O4S/c21-20-16(6-2-8-18(20)24)17-7-3-9-19(22-17)27-14-5-1-4-13(12-14)23-28(25,26)15-10-11-15/h1-9,12,15,23-24H,10-11H2. The molecular weight excluding hydrogens is 383 g/mol. The van der Waals surface area contributed by atoms with Gasteiger partial charge in [-0.1, -0.05) is 18.2 Å². The van der Waals surface area contributed by atoms with Gasteiger partial charge in [0.15, 0.2) is 11.6 Å². The maximum atomic E-state index is 14.1. The van der Waals surface area contributed by atoms with Gasteiger partial charge in [0.1, 0.15) is 5.75 Å². The van der Waals surface area contributed by atoms with Gasteiger partial charge in [-0.3, -0.25) is 4.72 Å². The van der Waals surface area contributed by atoms with Crippen molar-refractivity contribution in [3.8, 4) is 28.6 Å². The molecule has 3 aromatic rings. The van der Waals surface area contributed by atoms with E-state index in [-0.39, 0.29) is 16.7 Å². The molecule has 2 aromatic carbocycles. The molecular formula is C20H17FN2O4S. The van der Waals surface area contributed by atoms with Crippen LogP contribution in [0.2, 0.25) is 0 Å². The van der Waals surface area contributed by atoms with Gasteiger partial charge in [0.05, 0.1) is 16.6 Å². The number of nitrogens with one attached hydrogen (secondary N) is 1. The summed E-state index contributed by atoms with van der Waals surface area (Å²) in [5, 5.41) is 9.22. The van der Waals surface area contributed by atoms with E-state index in [0.717, 1.165) is 0 Å². The second kappa shape index (κ2) is 7.12. The lowest BCUT2D eigenvalue weighted by atomic mass is 10.1. The first-order valence-corrected chi connectivity index (χ1v) is 10.2. The van der Waals surface area contributed by atoms with E-state index in [1.54, 1.807) is 42.5 Å². The topological polar surface area (TPSA) is 88.5 Å². The minimum atomic E-state index is -3.37. The molecule has 2 N–H and O–H groups in total. The first kappa shape index (κ1) is 18.2. The lowest BCUT2D eigenvalue weighted by Crippen LogP contribution is -2.17. The molecule has 144 valence electrons. The van der Waals surface area contributed by atoms with Crippen LogP contribution >= 0.6 is 0 Å². The summed E-state index contributed by atoms with van der Waals surface area (Å²) in [6, 6.07) is 15.7. The SMILES string of the molecule is O=S(=O)(Nc1cccc(Oc2cccc(-c3cccc(O)c3F)n2)c1)C1CC1. The number of nitrogens with zero attached hydrogens (tertiary/aromatic N) is 1. The van der Waals surface area contributed by atoms with Crippen molar-refractivity contribution in [3.05, 3.63) is 66.5 Å². The van der Waals surface area contributed by atoms with E-state index < -0.39 is 21.6 Å². The Labute approximate surface area is 161 Å². The Hall–Kier alpha value is -3.13. The molecule has 1 saturated carbocycles. The number of hydrogen-bond donors (Lipinski definition) is 2. The van der Waals surface area contributed by atoms with Gasteiger partial charge in [0.25, 0.3) is 0 Å². The first-order chi connectivity index (χ1) is 13.4. The molecule has 0 aliphatic heterocycles. The highest BCUT2D eigenvalue weighted by atomic mass is 32.2. The fourth-order valence-corrected chi connectivity index (χ4v) is 4.09. The number of aromatic nitrogens is 1. The fourth-order valence-electron chi connectivity index (χ4n) is 2.71. The minimum absolute atomic E-state index is 0.149. The van der Waals surface area contributed by atoms with E-state index in [9.17, 15) is 17.9 Å². The maximum Gasteiger partial charge on any atom is 0.235 e. The maximum absolute atomic E-state index is 14.1. The van der Waals surface area contributed by atoms with Crippen molar-refractivity contribution < 1.29 is 22.7 Å². The Morgan fingerprint density at radius 1 is 1.07 bits per heavy atom. The van der Waals surface area contributed by atoms with Crippen LogP contribution < -0.4 is 9.46 Å². The molecule has 0 unspecified atom stereocenters. The molecule has 6 nitrogen and oxygen atoms in total. The third-order valence-electron chi connectivity index (χ3n) is 4.26. The molecule has 28 heavy (non-hydrogen) atoms. The van der Waals surface area contributed by atoms with Crippen molar-refractivity contribution >= 4 is 15.7 Å². The largest absolute Gasteiger partial charge is 0.505 e. The molecule has 1 fully saturated rings. The lowest BCUT2D eigenvalue weighted by molar-refractivity contribution is 0.433. The number of anilines is 1. The van der Waals surface area contributed by atoms with Gasteiger partial charge < -0.3 is 9.84 Å². The molecule has 1 aromatic heterocycles. The van der Waals surface area contributed by atoms with Gasteiger partial charge in [-0.05, 0) is 43.2 Å². The predicted octanol–water partition coefficient (Wildman–Crippen LogP) is 4.29. The first-order valence-electron chi connectivity index (χ1n) is 8.67. The van der Waals surface area contributed by atoms with Crippen molar-refractivity contribution in [2.75, 3.05) is 4.72 Å². The van der Waals surface area contributed by atoms with E-state index in [4.69, 9.17) is 4.74 Å². The lowest BCUT2D eigenvalue weighted by Gasteiger charge is -2.10. The monoisotopic (exact) mass is 400 g/mol. The third-order valence-corrected chi connectivity index (χ3v) is 6.13. The Bertz CT molecular complexity index is 1130. The summed E-state index contributed by atoms with van der Waals surface area (Å²) < 4.78 is 46.5. The molecule has 0 amide bonds. The van der Waals surface area contributed by atoms with Gasteiger partial charge in [-0.2, -0.15) is 0 Å². The van der Waals surface area contributed by atoms with Crippen LogP contribution in [0.3, 0.4) is 0 Å². The van der Waals surface area contributed by atoms with Gasteiger partial charge in [-0.25, -0.2) is 17.8 Å². The van der Waals surface area contributed by atoms with Crippen LogP contribution in [0.25, 0.3) is 11.3 Å². The van der Waals surface area contributed by atoms with Crippen LogP contribution in [-0.2, 0) is 10.0 Å². The minimum Gasteiger partial charge on any atom is -0.505 e. The summed E-state index contributed by atoms with van der Waals surface area (Å²) in [6.45, 7) is 0. The average molecular weight is 400 g/mol. The number of aromatic hydroxyl groups is 1. The van der Waals surface area contributed by atoms with Crippen molar-refractivity contribution in [2.45, 2.75) is 18.1 Å². The molecule has 1 aliphatic carbocycles. The molecule has 1 aliphatic rings. The number of ether oxygens (including phenoxy) is 1. The van der Waals surface area contributed by atoms with Crippen molar-refractivity contribution in [2.24, 2.45) is 0 Å². The molecule has 1 heterocycles. The van der Waals surface area contributed by atoms with Gasteiger partial charge in [0.2, 0.25) is 15.9 Å². The number of hydrogen-bond acceptors (Lipinski definition) is 5.